The molecule has 2 aromatic carbocycles. The monoisotopic (exact) mass is 333 g/mol. The van der Waals surface area contributed by atoms with E-state index in [1.54, 1.807) is 0 Å². The van der Waals surface area contributed by atoms with Gasteiger partial charge in [0.05, 0.1) is 0 Å². The number of amides is 1. The minimum Gasteiger partial charge on any atom is -0.358 e. The fourth-order valence-corrected chi connectivity index (χ4v) is 3.93. The van der Waals surface area contributed by atoms with E-state index < -0.39 is 0 Å². The zero-order chi connectivity index (χ0) is 17.2. The second-order valence-electron chi connectivity index (χ2n) is 6.90. The van der Waals surface area contributed by atoms with Crippen LogP contribution < -0.4 is 5.32 Å². The van der Waals surface area contributed by atoms with Gasteiger partial charge in [-0.1, -0.05) is 30.3 Å². The molecular formula is C21H23N3O. The molecule has 2 N–H and O–H groups in total. The van der Waals surface area contributed by atoms with Gasteiger partial charge in [-0.25, -0.2) is 0 Å². The molecule has 0 bridgehead atoms. The van der Waals surface area contributed by atoms with Crippen molar-refractivity contribution in [2.24, 2.45) is 0 Å². The lowest BCUT2D eigenvalue weighted by Gasteiger charge is -2.31. The normalized spacial score (nSPS) is 16.8. The number of likely N-dealkylation sites (N-methyl/N-ethyl adjacent to an activating group) is 1. The predicted octanol–water partition coefficient (Wildman–Crippen LogP) is 3.73. The predicted molar refractivity (Wildman–Crippen MR) is 102 cm³/mol. The number of benzene rings is 2. The van der Waals surface area contributed by atoms with Gasteiger partial charge < -0.3 is 10.3 Å². The molecule has 1 atom stereocenters. The lowest BCUT2D eigenvalue weighted by atomic mass is 9.90. The summed E-state index contributed by atoms with van der Waals surface area (Å²) in [6.07, 6.45) is 4.02. The van der Waals surface area contributed by atoms with Crippen LogP contribution in [0.5, 0.6) is 0 Å². The third kappa shape index (κ3) is 3.17. The van der Waals surface area contributed by atoms with Gasteiger partial charge in [0.2, 0.25) is 6.41 Å². The first-order chi connectivity index (χ1) is 12.2. The van der Waals surface area contributed by atoms with Crippen LogP contribution in [0.4, 0.5) is 5.69 Å². The van der Waals surface area contributed by atoms with Crippen LogP contribution in [0.1, 0.15) is 23.2 Å². The van der Waals surface area contributed by atoms with E-state index in [1.807, 2.05) is 6.07 Å². The van der Waals surface area contributed by atoms with E-state index in [0.29, 0.717) is 6.04 Å². The summed E-state index contributed by atoms with van der Waals surface area (Å²) in [6, 6.07) is 17.3. The largest absolute Gasteiger partial charge is 0.358 e. The van der Waals surface area contributed by atoms with Crippen molar-refractivity contribution in [1.82, 2.24) is 9.88 Å². The fraction of sp³-hybridized carbons (Fsp3) is 0.286. The highest BCUT2D eigenvalue weighted by atomic mass is 16.1. The third-order valence-electron chi connectivity index (χ3n) is 5.29. The maximum atomic E-state index is 10.7. The highest BCUT2D eigenvalue weighted by molar-refractivity contribution is 5.89. The van der Waals surface area contributed by atoms with Crippen LogP contribution in [-0.4, -0.2) is 29.4 Å². The molecule has 1 unspecified atom stereocenters. The maximum Gasteiger partial charge on any atom is 0.211 e. The van der Waals surface area contributed by atoms with Gasteiger partial charge in [0.15, 0.2) is 0 Å². The zero-order valence-corrected chi connectivity index (χ0v) is 14.5. The van der Waals surface area contributed by atoms with Crippen LogP contribution in [-0.2, 0) is 24.2 Å². The summed E-state index contributed by atoms with van der Waals surface area (Å²) in [6.45, 7) is 0.973. The maximum absolute atomic E-state index is 10.7. The van der Waals surface area contributed by atoms with Gasteiger partial charge in [-0.3, -0.25) is 9.69 Å². The van der Waals surface area contributed by atoms with Crippen LogP contribution in [0.25, 0.3) is 10.9 Å². The van der Waals surface area contributed by atoms with E-state index in [2.05, 4.69) is 64.7 Å². The van der Waals surface area contributed by atoms with Crippen LogP contribution in [0.2, 0.25) is 0 Å². The van der Waals surface area contributed by atoms with Gasteiger partial charge in [-0.05, 0) is 55.6 Å². The van der Waals surface area contributed by atoms with Gasteiger partial charge in [0.25, 0.3) is 0 Å². The molecule has 25 heavy (non-hydrogen) atoms. The fourth-order valence-electron chi connectivity index (χ4n) is 3.93. The van der Waals surface area contributed by atoms with E-state index in [4.69, 9.17) is 0 Å². The Bertz CT molecular complexity index is 885. The molecule has 0 fully saturated rings. The van der Waals surface area contributed by atoms with E-state index in [-0.39, 0.29) is 0 Å². The van der Waals surface area contributed by atoms with Crippen molar-refractivity contribution in [3.8, 4) is 0 Å². The topological polar surface area (TPSA) is 48.1 Å². The Balaban J connectivity index is 1.58. The average molecular weight is 333 g/mol. The highest BCUT2D eigenvalue weighted by Gasteiger charge is 2.25. The number of aromatic nitrogens is 1. The van der Waals surface area contributed by atoms with Crippen LogP contribution in [0.3, 0.4) is 0 Å². The Morgan fingerprint density at radius 3 is 2.88 bits per heavy atom. The van der Waals surface area contributed by atoms with E-state index >= 15 is 0 Å². The van der Waals surface area contributed by atoms with E-state index in [1.165, 1.54) is 28.6 Å². The Morgan fingerprint density at radius 1 is 1.24 bits per heavy atom. The van der Waals surface area contributed by atoms with Crippen molar-refractivity contribution >= 4 is 23.0 Å². The second-order valence-corrected chi connectivity index (χ2v) is 6.90. The summed E-state index contributed by atoms with van der Waals surface area (Å²) in [5.74, 6) is 0. The summed E-state index contributed by atoms with van der Waals surface area (Å²) in [7, 11) is 2.22. The van der Waals surface area contributed by atoms with Gasteiger partial charge >= 0.3 is 0 Å². The Kier molecular flexibility index (Phi) is 4.28. The van der Waals surface area contributed by atoms with Crippen LogP contribution in [0.15, 0.2) is 48.5 Å². The molecule has 0 saturated heterocycles. The summed E-state index contributed by atoms with van der Waals surface area (Å²) in [5.41, 5.74) is 6.12. The first-order valence-corrected chi connectivity index (χ1v) is 8.82. The summed E-state index contributed by atoms with van der Waals surface area (Å²) < 4.78 is 0. The molecule has 4 rings (SSSR count). The third-order valence-corrected chi connectivity index (χ3v) is 5.29. The standard InChI is InChI=1S/C21H23N3O/c1-24(13-15-5-3-2-4-6-15)17-8-10-21-19(12-17)18-11-16(22-14-25)7-9-20(18)23-21/h2-7,9,11,14,17,23H,8,10,12-13H2,1H3,(H,22,25). The van der Waals surface area contributed by atoms with Crippen LogP contribution in [0, 0.1) is 0 Å². The molecule has 0 spiro atoms. The lowest BCUT2D eigenvalue weighted by molar-refractivity contribution is -0.105. The number of carbonyl (C=O) groups excluding carboxylic acids is 1. The molecule has 0 radical (unpaired) electrons. The zero-order valence-electron chi connectivity index (χ0n) is 14.5. The number of rotatable bonds is 5. The van der Waals surface area contributed by atoms with Crippen molar-refractivity contribution in [2.45, 2.75) is 31.8 Å². The Morgan fingerprint density at radius 2 is 2.08 bits per heavy atom. The number of nitrogens with one attached hydrogen (secondary N) is 2. The minimum absolute atomic E-state index is 0.536. The molecular weight excluding hydrogens is 310 g/mol. The van der Waals surface area contributed by atoms with E-state index in [9.17, 15) is 4.79 Å². The number of fused-ring (bicyclic) bond motifs is 3. The SMILES string of the molecule is CN(Cc1ccccc1)C1CCc2[nH]c3ccc(NC=O)cc3c2C1. The number of carbonyl (C=O) groups is 1. The van der Waals surface area contributed by atoms with Gasteiger partial charge in [0, 0.05) is 34.9 Å². The van der Waals surface area contributed by atoms with Crippen molar-refractivity contribution in [1.29, 1.82) is 0 Å². The number of H-pyrrole nitrogens is 1. The molecule has 1 aromatic heterocycles. The Labute approximate surface area is 147 Å². The molecule has 4 nitrogen and oxygen atoms in total. The minimum atomic E-state index is 0.536. The molecule has 1 aliphatic carbocycles. The smallest absolute Gasteiger partial charge is 0.211 e. The van der Waals surface area contributed by atoms with Gasteiger partial charge in [-0.15, -0.1) is 0 Å². The number of hydrogen-bond donors (Lipinski definition) is 2. The Hall–Kier alpha value is -2.59. The van der Waals surface area contributed by atoms with Crippen molar-refractivity contribution in [3.63, 3.8) is 0 Å². The molecule has 1 amide bonds. The number of aromatic amines is 1. The molecule has 3 aromatic rings. The molecule has 128 valence electrons. The van der Waals surface area contributed by atoms with Gasteiger partial charge in [0.1, 0.15) is 0 Å². The number of anilines is 1. The summed E-state index contributed by atoms with van der Waals surface area (Å²) >= 11 is 0. The van der Waals surface area contributed by atoms with Crippen molar-refractivity contribution in [3.05, 3.63) is 65.4 Å². The first kappa shape index (κ1) is 15.9. The number of nitrogens with zero attached hydrogens (tertiary/aromatic N) is 1. The summed E-state index contributed by atoms with van der Waals surface area (Å²) in [5, 5.41) is 3.99. The molecule has 0 aliphatic heterocycles. The quantitative estimate of drug-likeness (QED) is 0.699. The van der Waals surface area contributed by atoms with Crippen LogP contribution >= 0.6 is 0 Å². The molecule has 0 saturated carbocycles. The lowest BCUT2D eigenvalue weighted by Crippen LogP contribution is -2.35. The second kappa shape index (κ2) is 6.73. The number of hydrogen-bond acceptors (Lipinski definition) is 2. The first-order valence-electron chi connectivity index (χ1n) is 8.82. The highest BCUT2D eigenvalue weighted by Crippen LogP contribution is 2.32. The molecule has 1 aliphatic rings. The van der Waals surface area contributed by atoms with Gasteiger partial charge in [-0.2, -0.15) is 0 Å². The molecule has 1 heterocycles. The molecule has 4 heteroatoms. The summed E-state index contributed by atoms with van der Waals surface area (Å²) in [4.78, 5) is 16.7. The van der Waals surface area contributed by atoms with E-state index in [0.717, 1.165) is 37.0 Å². The average Bonchev–Trinajstić information content (AvgIpc) is 3.00. The van der Waals surface area contributed by atoms with Crippen molar-refractivity contribution in [2.75, 3.05) is 12.4 Å². The van der Waals surface area contributed by atoms with Crippen molar-refractivity contribution < 1.29 is 4.79 Å². The number of aryl methyl sites for hydroxylation is 1.